The molecule has 1 unspecified atom stereocenters. The summed E-state index contributed by atoms with van der Waals surface area (Å²) in [4.78, 5) is 11.4. The molecule has 0 saturated carbocycles. The number of rotatable bonds is 4. The number of hydrogen-bond donors (Lipinski definition) is 1. The van der Waals surface area contributed by atoms with Crippen LogP contribution in [0.5, 0.6) is 0 Å². The van der Waals surface area contributed by atoms with Crippen LogP contribution in [0.4, 0.5) is 0 Å². The normalized spacial score (nSPS) is 19.1. The molecule has 5 heteroatoms. The van der Waals surface area contributed by atoms with E-state index in [1.54, 1.807) is 17.4 Å². The van der Waals surface area contributed by atoms with E-state index in [0.29, 0.717) is 11.8 Å². The van der Waals surface area contributed by atoms with Gasteiger partial charge in [-0.05, 0) is 10.1 Å². The van der Waals surface area contributed by atoms with Gasteiger partial charge in [0.15, 0.2) is 0 Å². The summed E-state index contributed by atoms with van der Waals surface area (Å²) in [7, 11) is 0. The van der Waals surface area contributed by atoms with E-state index in [0.717, 1.165) is 18.0 Å². The molecule has 1 atom stereocenters. The van der Waals surface area contributed by atoms with E-state index < -0.39 is 0 Å². The Kier molecular flexibility index (Phi) is 3.46. The van der Waals surface area contributed by atoms with Gasteiger partial charge < -0.3 is 4.98 Å². The Hall–Kier alpha value is -1.78. The summed E-state index contributed by atoms with van der Waals surface area (Å²) < 4.78 is 1.79. The van der Waals surface area contributed by atoms with Gasteiger partial charge in [-0.3, -0.25) is 0 Å². The number of aliphatic imine (C=N–C) groups is 1. The molecule has 2 heterocycles. The molecule has 1 aliphatic rings. The van der Waals surface area contributed by atoms with E-state index in [-0.39, 0.29) is 0 Å². The molecule has 5 nitrogen and oxygen atoms in total. The first-order chi connectivity index (χ1) is 8.16. The van der Waals surface area contributed by atoms with Crippen molar-refractivity contribution >= 4 is 18.4 Å². The van der Waals surface area contributed by atoms with Gasteiger partial charge in [-0.1, -0.05) is 20.8 Å². The van der Waals surface area contributed by atoms with Gasteiger partial charge >= 0.3 is 6.34 Å². The number of nitrogens with zero attached hydrogens (tertiary/aromatic N) is 4. The summed E-state index contributed by atoms with van der Waals surface area (Å²) in [6.45, 7) is 6.34. The Morgan fingerprint density at radius 1 is 1.41 bits per heavy atom. The van der Waals surface area contributed by atoms with Crippen LogP contribution in [0.3, 0.4) is 0 Å². The van der Waals surface area contributed by atoms with Crippen LogP contribution >= 0.6 is 0 Å². The van der Waals surface area contributed by atoms with Gasteiger partial charge in [0.2, 0.25) is 0 Å². The van der Waals surface area contributed by atoms with E-state index in [9.17, 15) is 0 Å². The number of aromatic amines is 1. The Bertz CT molecular complexity index is 453. The van der Waals surface area contributed by atoms with E-state index >= 15 is 0 Å². The minimum atomic E-state index is 0.370. The Labute approximate surface area is 101 Å². The molecule has 1 aliphatic heterocycles. The maximum atomic E-state index is 4.39. The van der Waals surface area contributed by atoms with E-state index in [4.69, 9.17) is 0 Å². The third kappa shape index (κ3) is 2.87. The van der Waals surface area contributed by atoms with Gasteiger partial charge in [0.25, 0.3) is 5.84 Å². The molecule has 1 aromatic heterocycles. The van der Waals surface area contributed by atoms with Crippen LogP contribution < -0.4 is 0 Å². The molecule has 0 spiro atoms. The van der Waals surface area contributed by atoms with Gasteiger partial charge in [0.05, 0.1) is 12.5 Å². The van der Waals surface area contributed by atoms with Crippen molar-refractivity contribution in [3.05, 3.63) is 18.2 Å². The Morgan fingerprint density at radius 3 is 2.82 bits per heavy atom. The summed E-state index contributed by atoms with van der Waals surface area (Å²) in [6.07, 6.45) is 8.28. The molecule has 0 amide bonds. The second-order valence-corrected chi connectivity index (χ2v) is 4.56. The van der Waals surface area contributed by atoms with Gasteiger partial charge in [-0.2, -0.15) is 0 Å². The highest BCUT2D eigenvalue weighted by molar-refractivity contribution is 5.91. The van der Waals surface area contributed by atoms with E-state index in [2.05, 4.69) is 40.8 Å². The molecular formula is C12H18N5+. The molecule has 1 N–H and O–H groups in total. The zero-order valence-electron chi connectivity index (χ0n) is 10.5. The second kappa shape index (κ2) is 5.03. The average molecular weight is 232 g/mol. The van der Waals surface area contributed by atoms with Gasteiger partial charge in [-0.25, -0.2) is 4.98 Å². The van der Waals surface area contributed by atoms with Gasteiger partial charge in [0, 0.05) is 30.1 Å². The third-order valence-electron chi connectivity index (χ3n) is 2.74. The largest absolute Gasteiger partial charge is 0.348 e. The minimum Gasteiger partial charge on any atom is -0.348 e. The maximum Gasteiger partial charge on any atom is 0.313 e. The molecule has 0 saturated heterocycles. The molecule has 0 bridgehead atoms. The number of imidazole rings is 1. The summed E-state index contributed by atoms with van der Waals surface area (Å²) in [5.41, 5.74) is 1.14. The van der Waals surface area contributed by atoms with Crippen LogP contribution in [0.1, 0.15) is 38.8 Å². The van der Waals surface area contributed by atoms with Crippen LogP contribution in [0.2, 0.25) is 0 Å². The fourth-order valence-corrected chi connectivity index (χ4v) is 1.57. The first kappa shape index (κ1) is 11.7. The molecule has 17 heavy (non-hydrogen) atoms. The standard InChI is InChI=1S/C12H18N5/c1-9(2)12-15-8-17(16-12)5-4-10(3)11-6-13-7-14-11/h5-10H,4H2,1-3H3,(H,13,14)/q+1. The Morgan fingerprint density at radius 2 is 2.24 bits per heavy atom. The second-order valence-electron chi connectivity index (χ2n) is 4.56. The van der Waals surface area contributed by atoms with Gasteiger partial charge in [0.1, 0.15) is 0 Å². The molecule has 0 fully saturated rings. The third-order valence-corrected chi connectivity index (χ3v) is 2.74. The highest BCUT2D eigenvalue weighted by Gasteiger charge is 2.18. The number of amidine groups is 1. The highest BCUT2D eigenvalue weighted by atomic mass is 15.4. The number of H-pyrrole nitrogens is 1. The lowest BCUT2D eigenvalue weighted by atomic mass is 10.1. The SMILES string of the molecule is CC(C)C1=N[N+](=CCC(C)c2cnc[nH]2)C=N1. The van der Waals surface area contributed by atoms with Crippen molar-refractivity contribution in [3.8, 4) is 0 Å². The predicted octanol–water partition coefficient (Wildman–Crippen LogP) is 2.00. The predicted molar refractivity (Wildman–Crippen MR) is 68.7 cm³/mol. The fourth-order valence-electron chi connectivity index (χ4n) is 1.57. The van der Waals surface area contributed by atoms with Crippen LogP contribution in [-0.2, 0) is 0 Å². The minimum absolute atomic E-state index is 0.370. The lowest BCUT2D eigenvalue weighted by molar-refractivity contribution is -0.394. The topological polar surface area (TPSA) is 56.4 Å². The van der Waals surface area contributed by atoms with Crippen molar-refractivity contribution in [2.24, 2.45) is 16.0 Å². The number of hydrazone groups is 1. The molecular weight excluding hydrogens is 214 g/mol. The van der Waals surface area contributed by atoms with E-state index in [1.165, 1.54) is 0 Å². The molecule has 0 radical (unpaired) electrons. The van der Waals surface area contributed by atoms with Crippen molar-refractivity contribution in [3.63, 3.8) is 0 Å². The van der Waals surface area contributed by atoms with Crippen LogP contribution in [-0.4, -0.2) is 33.0 Å². The van der Waals surface area contributed by atoms with Crippen molar-refractivity contribution in [1.29, 1.82) is 0 Å². The van der Waals surface area contributed by atoms with Crippen LogP contribution in [0.15, 0.2) is 22.6 Å². The zero-order valence-corrected chi connectivity index (χ0v) is 10.5. The van der Waals surface area contributed by atoms with Crippen molar-refractivity contribution in [2.45, 2.75) is 33.1 Å². The van der Waals surface area contributed by atoms with E-state index in [1.807, 2.05) is 12.4 Å². The molecule has 2 rings (SSSR count). The molecule has 1 aromatic rings. The van der Waals surface area contributed by atoms with Gasteiger partial charge in [-0.15, -0.1) is 4.68 Å². The summed E-state index contributed by atoms with van der Waals surface area (Å²) in [6, 6.07) is 0. The summed E-state index contributed by atoms with van der Waals surface area (Å²) in [5, 5.41) is 4.39. The quantitative estimate of drug-likeness (QED) is 0.793. The highest BCUT2D eigenvalue weighted by Crippen LogP contribution is 2.14. The number of hydrogen-bond acceptors (Lipinski definition) is 3. The summed E-state index contributed by atoms with van der Waals surface area (Å²) >= 11 is 0. The first-order valence-corrected chi connectivity index (χ1v) is 5.89. The van der Waals surface area contributed by atoms with Crippen molar-refractivity contribution in [1.82, 2.24) is 9.97 Å². The lowest BCUT2D eigenvalue weighted by Crippen LogP contribution is -2.05. The monoisotopic (exact) mass is 232 g/mol. The average Bonchev–Trinajstić information content (AvgIpc) is 2.97. The summed E-state index contributed by atoms with van der Waals surface area (Å²) in [5.74, 6) is 1.66. The molecule has 0 aromatic carbocycles. The number of nitrogens with one attached hydrogen (secondary N) is 1. The van der Waals surface area contributed by atoms with Crippen molar-refractivity contribution in [2.75, 3.05) is 0 Å². The lowest BCUT2D eigenvalue weighted by Gasteiger charge is -2.03. The maximum absolute atomic E-state index is 4.39. The van der Waals surface area contributed by atoms with Crippen molar-refractivity contribution < 1.29 is 4.68 Å². The van der Waals surface area contributed by atoms with Crippen LogP contribution in [0.25, 0.3) is 0 Å². The fraction of sp³-hybridized carbons (Fsp3) is 0.500. The Balaban J connectivity index is 1.97. The smallest absolute Gasteiger partial charge is 0.313 e. The molecule has 0 aliphatic carbocycles. The zero-order chi connectivity index (χ0) is 12.3. The molecule has 90 valence electrons. The first-order valence-electron chi connectivity index (χ1n) is 5.89. The number of aromatic nitrogens is 2. The van der Waals surface area contributed by atoms with Crippen LogP contribution in [0, 0.1) is 5.92 Å².